The van der Waals surface area contributed by atoms with Gasteiger partial charge in [-0.15, -0.1) is 0 Å². The van der Waals surface area contributed by atoms with Crippen LogP contribution >= 0.6 is 15.9 Å². The third-order valence-corrected chi connectivity index (χ3v) is 2.88. The predicted octanol–water partition coefficient (Wildman–Crippen LogP) is 1.22. The van der Waals surface area contributed by atoms with Gasteiger partial charge >= 0.3 is 0 Å². The molecule has 18 heavy (non-hydrogen) atoms. The first-order chi connectivity index (χ1) is 8.69. The number of nitrogens with zero attached hydrogens (tertiary/aromatic N) is 4. The molecule has 7 nitrogen and oxygen atoms in total. The van der Waals surface area contributed by atoms with E-state index in [2.05, 4.69) is 48.5 Å². The molecule has 0 aliphatic carbocycles. The van der Waals surface area contributed by atoms with Crippen molar-refractivity contribution in [3.63, 3.8) is 0 Å². The highest BCUT2D eigenvalue weighted by Gasteiger charge is 2.08. The topological polar surface area (TPSA) is 93.7 Å². The molecule has 1 unspecified atom stereocenters. The van der Waals surface area contributed by atoms with Crippen LogP contribution in [0.3, 0.4) is 0 Å². The molecule has 0 amide bonds. The number of nitrogen functional groups attached to an aromatic ring is 1. The van der Waals surface area contributed by atoms with Gasteiger partial charge in [-0.1, -0.05) is 0 Å². The highest BCUT2D eigenvalue weighted by molar-refractivity contribution is 9.10. The van der Waals surface area contributed by atoms with Crippen molar-refractivity contribution in [2.75, 3.05) is 10.7 Å². The molecule has 0 radical (unpaired) electrons. The van der Waals surface area contributed by atoms with Crippen LogP contribution in [0.4, 0.5) is 11.8 Å². The van der Waals surface area contributed by atoms with Crippen molar-refractivity contribution in [3.8, 4) is 0 Å². The second kappa shape index (κ2) is 5.78. The molecule has 4 N–H and O–H groups in total. The molecule has 1 atom stereocenters. The Hall–Kier alpha value is -1.67. The average Bonchev–Trinajstić information content (AvgIpc) is 2.84. The zero-order valence-corrected chi connectivity index (χ0v) is 11.4. The Labute approximate surface area is 113 Å². The summed E-state index contributed by atoms with van der Waals surface area (Å²) in [5.41, 5.74) is 2.42. The normalized spacial score (nSPS) is 12.2. The summed E-state index contributed by atoms with van der Waals surface area (Å²) < 4.78 is 2.79. The molecule has 2 aromatic rings. The SMILES string of the molecule is CC(Cn1ccnc1)Nc1nc(NN)ncc1Br. The van der Waals surface area contributed by atoms with Crippen LogP contribution < -0.4 is 16.6 Å². The van der Waals surface area contributed by atoms with Crippen molar-refractivity contribution in [1.29, 1.82) is 0 Å². The van der Waals surface area contributed by atoms with Crippen LogP contribution in [0.5, 0.6) is 0 Å². The van der Waals surface area contributed by atoms with Gasteiger partial charge in [0, 0.05) is 31.2 Å². The molecule has 0 aromatic carbocycles. The molecule has 0 aliphatic rings. The van der Waals surface area contributed by atoms with E-state index < -0.39 is 0 Å². The van der Waals surface area contributed by atoms with Crippen LogP contribution in [-0.4, -0.2) is 25.6 Å². The first-order valence-electron chi connectivity index (χ1n) is 5.40. The Balaban J connectivity index is 2.04. The summed E-state index contributed by atoms with van der Waals surface area (Å²) in [7, 11) is 0. The molecule has 2 rings (SSSR count). The third kappa shape index (κ3) is 3.17. The lowest BCUT2D eigenvalue weighted by Gasteiger charge is -2.16. The summed E-state index contributed by atoms with van der Waals surface area (Å²) in [6, 6.07) is 0.191. The van der Waals surface area contributed by atoms with Crippen molar-refractivity contribution in [2.45, 2.75) is 19.5 Å². The van der Waals surface area contributed by atoms with Crippen molar-refractivity contribution in [2.24, 2.45) is 5.84 Å². The average molecular weight is 312 g/mol. The summed E-state index contributed by atoms with van der Waals surface area (Å²) in [5.74, 6) is 6.35. The molecule has 2 heterocycles. The largest absolute Gasteiger partial charge is 0.365 e. The lowest BCUT2D eigenvalue weighted by molar-refractivity contribution is 0.616. The van der Waals surface area contributed by atoms with Gasteiger partial charge in [-0.05, 0) is 22.9 Å². The number of hydrogen-bond acceptors (Lipinski definition) is 6. The molecular weight excluding hydrogens is 298 g/mol. The maximum absolute atomic E-state index is 5.28. The lowest BCUT2D eigenvalue weighted by Crippen LogP contribution is -2.23. The fourth-order valence-electron chi connectivity index (χ4n) is 1.53. The molecule has 0 saturated heterocycles. The summed E-state index contributed by atoms with van der Waals surface area (Å²) >= 11 is 3.39. The van der Waals surface area contributed by atoms with Gasteiger partial charge < -0.3 is 9.88 Å². The van der Waals surface area contributed by atoms with E-state index in [4.69, 9.17) is 5.84 Å². The number of nitrogens with two attached hydrogens (primary N) is 1. The van der Waals surface area contributed by atoms with Gasteiger partial charge in [-0.2, -0.15) is 4.98 Å². The minimum atomic E-state index is 0.191. The zero-order chi connectivity index (χ0) is 13.0. The number of hydrogen-bond donors (Lipinski definition) is 3. The van der Waals surface area contributed by atoms with Crippen molar-refractivity contribution >= 4 is 27.7 Å². The molecule has 0 spiro atoms. The fraction of sp³-hybridized carbons (Fsp3) is 0.300. The minimum absolute atomic E-state index is 0.191. The van der Waals surface area contributed by atoms with Crippen molar-refractivity contribution in [3.05, 3.63) is 29.4 Å². The van der Waals surface area contributed by atoms with Crippen molar-refractivity contribution < 1.29 is 0 Å². The van der Waals surface area contributed by atoms with E-state index >= 15 is 0 Å². The monoisotopic (exact) mass is 311 g/mol. The van der Waals surface area contributed by atoms with E-state index in [-0.39, 0.29) is 6.04 Å². The Morgan fingerprint density at radius 1 is 1.56 bits per heavy atom. The van der Waals surface area contributed by atoms with Gasteiger partial charge in [0.2, 0.25) is 5.95 Å². The first kappa shape index (κ1) is 12.8. The van der Waals surface area contributed by atoms with E-state index in [0.29, 0.717) is 11.8 Å². The van der Waals surface area contributed by atoms with Gasteiger partial charge in [-0.25, -0.2) is 15.8 Å². The van der Waals surface area contributed by atoms with E-state index in [1.54, 1.807) is 18.7 Å². The molecule has 96 valence electrons. The van der Waals surface area contributed by atoms with E-state index in [1.165, 1.54) is 0 Å². The quantitative estimate of drug-likeness (QED) is 0.568. The van der Waals surface area contributed by atoms with Crippen LogP contribution in [0.2, 0.25) is 0 Å². The summed E-state index contributed by atoms with van der Waals surface area (Å²) in [5, 5.41) is 3.28. The number of imidazole rings is 1. The molecule has 0 saturated carbocycles. The van der Waals surface area contributed by atoms with Crippen LogP contribution in [-0.2, 0) is 6.54 Å². The Kier molecular flexibility index (Phi) is 4.11. The van der Waals surface area contributed by atoms with Crippen LogP contribution in [0.25, 0.3) is 0 Å². The van der Waals surface area contributed by atoms with Crippen LogP contribution in [0, 0.1) is 0 Å². The Morgan fingerprint density at radius 3 is 3.06 bits per heavy atom. The third-order valence-electron chi connectivity index (χ3n) is 2.30. The van der Waals surface area contributed by atoms with Crippen LogP contribution in [0.15, 0.2) is 29.4 Å². The van der Waals surface area contributed by atoms with Gasteiger partial charge in [0.05, 0.1) is 10.8 Å². The minimum Gasteiger partial charge on any atom is -0.365 e. The van der Waals surface area contributed by atoms with E-state index in [0.717, 1.165) is 11.0 Å². The fourth-order valence-corrected chi connectivity index (χ4v) is 1.83. The number of halogens is 1. The van der Waals surface area contributed by atoms with Gasteiger partial charge in [-0.3, -0.25) is 5.43 Å². The van der Waals surface area contributed by atoms with E-state index in [9.17, 15) is 0 Å². The van der Waals surface area contributed by atoms with Gasteiger partial charge in [0.25, 0.3) is 0 Å². The summed E-state index contributed by atoms with van der Waals surface area (Å²) in [6.45, 7) is 2.85. The first-order valence-corrected chi connectivity index (χ1v) is 6.19. The Morgan fingerprint density at radius 2 is 2.39 bits per heavy atom. The van der Waals surface area contributed by atoms with Crippen molar-refractivity contribution in [1.82, 2.24) is 19.5 Å². The highest BCUT2D eigenvalue weighted by Crippen LogP contribution is 2.20. The maximum Gasteiger partial charge on any atom is 0.239 e. The molecule has 8 heteroatoms. The number of anilines is 2. The van der Waals surface area contributed by atoms with E-state index in [1.807, 2.05) is 10.8 Å². The van der Waals surface area contributed by atoms with Gasteiger partial charge in [0.15, 0.2) is 0 Å². The Bertz CT molecular complexity index is 499. The summed E-state index contributed by atoms with van der Waals surface area (Å²) in [6.07, 6.45) is 7.10. The number of nitrogens with one attached hydrogen (secondary N) is 2. The number of rotatable bonds is 5. The smallest absolute Gasteiger partial charge is 0.239 e. The standard InChI is InChI=1S/C10H14BrN7/c1-7(5-18-3-2-13-6-18)15-9-8(11)4-14-10(16-9)17-12/h2-4,6-7H,5,12H2,1H3,(H2,14,15,16,17). The van der Waals surface area contributed by atoms with Crippen LogP contribution in [0.1, 0.15) is 6.92 Å². The number of hydrazine groups is 1. The molecule has 0 fully saturated rings. The second-order valence-corrected chi connectivity index (χ2v) is 4.69. The molecule has 0 aliphatic heterocycles. The lowest BCUT2D eigenvalue weighted by atomic mass is 10.3. The molecule has 2 aromatic heterocycles. The molecular formula is C10H14BrN7. The predicted molar refractivity (Wildman–Crippen MR) is 72.9 cm³/mol. The second-order valence-electron chi connectivity index (χ2n) is 3.84. The highest BCUT2D eigenvalue weighted by atomic mass is 79.9. The summed E-state index contributed by atoms with van der Waals surface area (Å²) in [4.78, 5) is 12.2. The molecule has 0 bridgehead atoms. The number of aromatic nitrogens is 4. The zero-order valence-electron chi connectivity index (χ0n) is 9.84. The van der Waals surface area contributed by atoms with Gasteiger partial charge in [0.1, 0.15) is 5.82 Å². The maximum atomic E-state index is 5.28.